The standard InChI is InChI=1S/C22H26FN3O2/c1-16(21(27)24-15-17-7-9-19(23)10-8-17)26-13-11-18(12-14-26)22(28)25-20-5-3-2-4-6-20/h2-10,16,18H,11-15H2,1H3,(H,24,27)(H,25,28). The number of carbonyl (C=O) groups excluding carboxylic acids is 2. The Hall–Kier alpha value is -2.73. The molecule has 0 aliphatic carbocycles. The van der Waals surface area contributed by atoms with Gasteiger partial charge in [0.2, 0.25) is 11.8 Å². The first-order chi connectivity index (χ1) is 13.5. The molecular formula is C22H26FN3O2. The van der Waals surface area contributed by atoms with Crippen molar-refractivity contribution in [2.75, 3.05) is 18.4 Å². The van der Waals surface area contributed by atoms with Crippen LogP contribution in [0.4, 0.5) is 10.1 Å². The molecule has 1 saturated heterocycles. The van der Waals surface area contributed by atoms with E-state index in [0.717, 1.165) is 24.1 Å². The van der Waals surface area contributed by atoms with Crippen LogP contribution in [0.5, 0.6) is 0 Å². The topological polar surface area (TPSA) is 61.4 Å². The van der Waals surface area contributed by atoms with Crippen molar-refractivity contribution in [2.45, 2.75) is 32.4 Å². The minimum Gasteiger partial charge on any atom is -0.351 e. The van der Waals surface area contributed by atoms with Crippen molar-refractivity contribution in [1.29, 1.82) is 0 Å². The molecule has 2 aromatic rings. The van der Waals surface area contributed by atoms with Crippen LogP contribution in [-0.4, -0.2) is 35.8 Å². The van der Waals surface area contributed by atoms with Crippen LogP contribution >= 0.6 is 0 Å². The third-order valence-corrected chi connectivity index (χ3v) is 5.25. The molecule has 1 atom stereocenters. The smallest absolute Gasteiger partial charge is 0.237 e. The molecule has 1 unspecified atom stereocenters. The van der Waals surface area contributed by atoms with Gasteiger partial charge in [-0.1, -0.05) is 30.3 Å². The average molecular weight is 383 g/mol. The Morgan fingerprint density at radius 2 is 1.71 bits per heavy atom. The summed E-state index contributed by atoms with van der Waals surface area (Å²) < 4.78 is 12.9. The summed E-state index contributed by atoms with van der Waals surface area (Å²) in [6, 6.07) is 15.3. The molecule has 5 nitrogen and oxygen atoms in total. The van der Waals surface area contributed by atoms with E-state index in [4.69, 9.17) is 0 Å². The second-order valence-corrected chi connectivity index (χ2v) is 7.19. The fourth-order valence-electron chi connectivity index (χ4n) is 3.42. The lowest BCUT2D eigenvalue weighted by atomic mass is 9.94. The van der Waals surface area contributed by atoms with E-state index in [1.54, 1.807) is 12.1 Å². The van der Waals surface area contributed by atoms with E-state index >= 15 is 0 Å². The Kier molecular flexibility index (Phi) is 6.76. The van der Waals surface area contributed by atoms with Gasteiger partial charge < -0.3 is 10.6 Å². The molecule has 6 heteroatoms. The predicted molar refractivity (Wildman–Crippen MR) is 107 cm³/mol. The van der Waals surface area contributed by atoms with E-state index in [1.807, 2.05) is 37.3 Å². The predicted octanol–water partition coefficient (Wildman–Crippen LogP) is 3.18. The van der Waals surface area contributed by atoms with Gasteiger partial charge in [-0.2, -0.15) is 0 Å². The van der Waals surface area contributed by atoms with Gasteiger partial charge in [0.15, 0.2) is 0 Å². The van der Waals surface area contributed by atoms with Crippen LogP contribution in [0.1, 0.15) is 25.3 Å². The van der Waals surface area contributed by atoms with Gasteiger partial charge in [-0.15, -0.1) is 0 Å². The van der Waals surface area contributed by atoms with Crippen molar-refractivity contribution in [2.24, 2.45) is 5.92 Å². The number of likely N-dealkylation sites (tertiary alicyclic amines) is 1. The number of rotatable bonds is 6. The first-order valence-electron chi connectivity index (χ1n) is 9.65. The molecule has 3 rings (SSSR count). The Balaban J connectivity index is 1.43. The lowest BCUT2D eigenvalue weighted by Gasteiger charge is -2.34. The molecule has 0 aromatic heterocycles. The minimum atomic E-state index is -0.289. The molecule has 0 spiro atoms. The van der Waals surface area contributed by atoms with Crippen LogP contribution < -0.4 is 10.6 Å². The Morgan fingerprint density at radius 1 is 1.07 bits per heavy atom. The van der Waals surface area contributed by atoms with Crippen LogP contribution in [-0.2, 0) is 16.1 Å². The number of halogens is 1. The quantitative estimate of drug-likeness (QED) is 0.805. The first kappa shape index (κ1) is 20.0. The van der Waals surface area contributed by atoms with Crippen LogP contribution in [0.25, 0.3) is 0 Å². The molecule has 2 amide bonds. The van der Waals surface area contributed by atoms with Crippen LogP contribution in [0, 0.1) is 11.7 Å². The molecule has 1 aliphatic heterocycles. The van der Waals surface area contributed by atoms with Crippen molar-refractivity contribution < 1.29 is 14.0 Å². The number of amides is 2. The third kappa shape index (κ3) is 5.39. The number of piperidine rings is 1. The number of carbonyl (C=O) groups is 2. The summed E-state index contributed by atoms with van der Waals surface area (Å²) in [4.78, 5) is 27.0. The highest BCUT2D eigenvalue weighted by atomic mass is 19.1. The van der Waals surface area contributed by atoms with Crippen LogP contribution in [0.15, 0.2) is 54.6 Å². The number of hydrogen-bond acceptors (Lipinski definition) is 3. The molecule has 1 fully saturated rings. The molecule has 0 radical (unpaired) electrons. The molecular weight excluding hydrogens is 357 g/mol. The Morgan fingerprint density at radius 3 is 2.36 bits per heavy atom. The Bertz CT molecular complexity index is 787. The van der Waals surface area contributed by atoms with Crippen LogP contribution in [0.2, 0.25) is 0 Å². The lowest BCUT2D eigenvalue weighted by molar-refractivity contribution is -0.127. The highest BCUT2D eigenvalue weighted by Crippen LogP contribution is 2.21. The molecule has 0 saturated carbocycles. The van der Waals surface area contributed by atoms with E-state index in [0.29, 0.717) is 19.6 Å². The third-order valence-electron chi connectivity index (χ3n) is 5.25. The van der Waals surface area contributed by atoms with E-state index in [-0.39, 0.29) is 29.6 Å². The molecule has 2 N–H and O–H groups in total. The molecule has 2 aromatic carbocycles. The van der Waals surface area contributed by atoms with Crippen molar-refractivity contribution in [1.82, 2.24) is 10.2 Å². The summed E-state index contributed by atoms with van der Waals surface area (Å²) in [5, 5.41) is 5.86. The highest BCUT2D eigenvalue weighted by Gasteiger charge is 2.29. The highest BCUT2D eigenvalue weighted by molar-refractivity contribution is 5.92. The first-order valence-corrected chi connectivity index (χ1v) is 9.65. The fourth-order valence-corrected chi connectivity index (χ4v) is 3.42. The SMILES string of the molecule is CC(C(=O)NCc1ccc(F)cc1)N1CCC(C(=O)Nc2ccccc2)CC1. The molecule has 1 heterocycles. The molecule has 1 aliphatic rings. The van der Waals surface area contributed by atoms with Gasteiger partial charge in [-0.05, 0) is 62.7 Å². The molecule has 0 bridgehead atoms. The molecule has 148 valence electrons. The van der Waals surface area contributed by atoms with Gasteiger partial charge in [-0.3, -0.25) is 14.5 Å². The fraction of sp³-hybridized carbons (Fsp3) is 0.364. The van der Waals surface area contributed by atoms with E-state index in [9.17, 15) is 14.0 Å². The van der Waals surface area contributed by atoms with Gasteiger partial charge >= 0.3 is 0 Å². The van der Waals surface area contributed by atoms with Crippen molar-refractivity contribution in [3.63, 3.8) is 0 Å². The number of hydrogen-bond donors (Lipinski definition) is 2. The van der Waals surface area contributed by atoms with Crippen LogP contribution in [0.3, 0.4) is 0 Å². The number of nitrogens with zero attached hydrogens (tertiary/aromatic N) is 1. The summed E-state index contributed by atoms with van der Waals surface area (Å²) in [5.41, 5.74) is 1.67. The van der Waals surface area contributed by atoms with Gasteiger partial charge in [0.05, 0.1) is 6.04 Å². The zero-order chi connectivity index (χ0) is 19.9. The second-order valence-electron chi connectivity index (χ2n) is 7.19. The number of para-hydroxylation sites is 1. The van der Waals surface area contributed by atoms with Gasteiger partial charge in [0, 0.05) is 18.2 Å². The minimum absolute atomic E-state index is 0.0362. The van der Waals surface area contributed by atoms with Gasteiger partial charge in [-0.25, -0.2) is 4.39 Å². The van der Waals surface area contributed by atoms with Gasteiger partial charge in [0.25, 0.3) is 0 Å². The molecule has 28 heavy (non-hydrogen) atoms. The maximum atomic E-state index is 12.9. The largest absolute Gasteiger partial charge is 0.351 e. The number of nitrogens with one attached hydrogen (secondary N) is 2. The van der Waals surface area contributed by atoms with E-state index in [1.165, 1.54) is 12.1 Å². The van der Waals surface area contributed by atoms with E-state index < -0.39 is 0 Å². The zero-order valence-electron chi connectivity index (χ0n) is 16.0. The van der Waals surface area contributed by atoms with Gasteiger partial charge in [0.1, 0.15) is 5.82 Å². The summed E-state index contributed by atoms with van der Waals surface area (Å²) in [5.74, 6) is -0.343. The maximum absolute atomic E-state index is 12.9. The van der Waals surface area contributed by atoms with Crippen molar-refractivity contribution in [3.05, 3.63) is 66.0 Å². The summed E-state index contributed by atoms with van der Waals surface area (Å²) >= 11 is 0. The second kappa shape index (κ2) is 9.46. The Labute approximate surface area is 164 Å². The maximum Gasteiger partial charge on any atom is 0.237 e. The van der Waals surface area contributed by atoms with Crippen molar-refractivity contribution >= 4 is 17.5 Å². The number of benzene rings is 2. The summed E-state index contributed by atoms with van der Waals surface area (Å²) in [6.45, 7) is 3.67. The normalized spacial score (nSPS) is 16.4. The average Bonchev–Trinajstić information content (AvgIpc) is 2.73. The lowest BCUT2D eigenvalue weighted by Crippen LogP contribution is -2.49. The monoisotopic (exact) mass is 383 g/mol. The van der Waals surface area contributed by atoms with Crippen molar-refractivity contribution in [3.8, 4) is 0 Å². The summed E-state index contributed by atoms with van der Waals surface area (Å²) in [7, 11) is 0. The number of anilines is 1. The summed E-state index contributed by atoms with van der Waals surface area (Å²) in [6.07, 6.45) is 1.46. The van der Waals surface area contributed by atoms with E-state index in [2.05, 4.69) is 15.5 Å². The zero-order valence-corrected chi connectivity index (χ0v) is 16.0.